The van der Waals surface area contributed by atoms with Gasteiger partial charge < -0.3 is 15.5 Å². The molecule has 0 saturated carbocycles. The Hall–Kier alpha value is -4.18. The molecule has 0 bridgehead atoms. The minimum atomic E-state index is -0.898. The minimum absolute atomic E-state index is 0.0373. The summed E-state index contributed by atoms with van der Waals surface area (Å²) in [5, 5.41) is 6.42. The molecule has 0 spiro atoms. The predicted octanol–water partition coefficient (Wildman–Crippen LogP) is 4.15. The van der Waals surface area contributed by atoms with Crippen LogP contribution in [0.25, 0.3) is 28.0 Å². The Kier molecular flexibility index (Phi) is 7.82. The van der Waals surface area contributed by atoms with E-state index in [4.69, 9.17) is 4.98 Å². The number of para-hydroxylation sites is 1. The molecule has 0 fully saturated rings. The highest BCUT2D eigenvalue weighted by atomic mass is 19.1. The third kappa shape index (κ3) is 5.55. The molecule has 2 aromatic heterocycles. The fourth-order valence-electron chi connectivity index (χ4n) is 4.07. The molecule has 8 nitrogen and oxygen atoms in total. The van der Waals surface area contributed by atoms with Crippen LogP contribution in [0.3, 0.4) is 0 Å². The van der Waals surface area contributed by atoms with Crippen LogP contribution in [0.5, 0.6) is 0 Å². The predicted molar refractivity (Wildman–Crippen MR) is 145 cm³/mol. The fourth-order valence-corrected chi connectivity index (χ4v) is 4.07. The normalized spacial score (nSPS) is 11.4. The van der Waals surface area contributed by atoms with E-state index in [-0.39, 0.29) is 23.5 Å². The van der Waals surface area contributed by atoms with Crippen molar-refractivity contribution in [2.75, 3.05) is 32.5 Å². The van der Waals surface area contributed by atoms with Gasteiger partial charge in [0.1, 0.15) is 17.3 Å². The Morgan fingerprint density at radius 1 is 1.05 bits per heavy atom. The highest BCUT2D eigenvalue weighted by molar-refractivity contribution is 5.98. The number of halogens is 2. The first-order chi connectivity index (χ1) is 18.1. The molecule has 0 aliphatic carbocycles. The zero-order chi connectivity index (χ0) is 27.6. The van der Waals surface area contributed by atoms with Crippen molar-refractivity contribution < 1.29 is 13.6 Å². The first-order valence-electron chi connectivity index (χ1n) is 12.3. The molecule has 10 heteroatoms. The third-order valence-electron chi connectivity index (χ3n) is 5.93. The zero-order valence-corrected chi connectivity index (χ0v) is 22.0. The van der Waals surface area contributed by atoms with E-state index in [2.05, 4.69) is 15.6 Å². The molecule has 2 N–H and O–H groups in total. The van der Waals surface area contributed by atoms with Gasteiger partial charge >= 0.3 is 0 Å². The topological polar surface area (TPSA) is 92.2 Å². The Morgan fingerprint density at radius 2 is 1.76 bits per heavy atom. The molecule has 198 valence electrons. The van der Waals surface area contributed by atoms with Gasteiger partial charge in [-0.1, -0.05) is 12.1 Å². The monoisotopic (exact) mass is 520 g/mol. The van der Waals surface area contributed by atoms with Crippen molar-refractivity contribution in [3.8, 4) is 16.9 Å². The van der Waals surface area contributed by atoms with Crippen LogP contribution in [0.4, 0.5) is 14.7 Å². The molecular formula is C28H30F2N6O2. The summed E-state index contributed by atoms with van der Waals surface area (Å²) in [6.07, 6.45) is 0. The lowest BCUT2D eigenvalue weighted by Crippen LogP contribution is -2.30. The van der Waals surface area contributed by atoms with E-state index in [1.807, 2.05) is 45.8 Å². The molecular weight excluding hydrogens is 490 g/mol. The quantitative estimate of drug-likeness (QED) is 0.363. The number of rotatable bonds is 8. The Labute approximate surface area is 219 Å². The van der Waals surface area contributed by atoms with Crippen LogP contribution in [-0.4, -0.2) is 58.6 Å². The smallest absolute Gasteiger partial charge is 0.256 e. The molecule has 0 saturated heterocycles. The second-order valence-corrected chi connectivity index (χ2v) is 9.60. The lowest BCUT2D eigenvalue weighted by atomic mass is 9.99. The van der Waals surface area contributed by atoms with Gasteiger partial charge in [-0.05, 0) is 70.8 Å². The summed E-state index contributed by atoms with van der Waals surface area (Å²) in [5.74, 6) is -1.85. The number of carbonyl (C=O) groups excluding carboxylic acids is 1. The van der Waals surface area contributed by atoms with Crippen molar-refractivity contribution in [2.45, 2.75) is 26.8 Å². The van der Waals surface area contributed by atoms with Gasteiger partial charge in [-0.15, -0.1) is 0 Å². The maximum absolute atomic E-state index is 14.9. The summed E-state index contributed by atoms with van der Waals surface area (Å²) in [4.78, 5) is 37.0. The Bertz CT molecular complexity index is 1550. The number of aromatic nitrogens is 3. The van der Waals surface area contributed by atoms with Crippen LogP contribution < -0.4 is 16.2 Å². The molecule has 38 heavy (non-hydrogen) atoms. The van der Waals surface area contributed by atoms with E-state index in [1.165, 1.54) is 18.2 Å². The van der Waals surface area contributed by atoms with Gasteiger partial charge in [0, 0.05) is 41.7 Å². The number of pyridine rings is 1. The number of nitrogens with zero attached hydrogens (tertiary/aromatic N) is 4. The third-order valence-corrected chi connectivity index (χ3v) is 5.93. The van der Waals surface area contributed by atoms with Crippen molar-refractivity contribution in [1.29, 1.82) is 0 Å². The number of benzene rings is 2. The summed E-state index contributed by atoms with van der Waals surface area (Å²) in [6.45, 7) is 6.78. The Balaban J connectivity index is 2.01. The van der Waals surface area contributed by atoms with E-state index in [0.717, 1.165) is 22.3 Å². The maximum Gasteiger partial charge on any atom is 0.256 e. The minimum Gasteiger partial charge on any atom is -0.353 e. The van der Waals surface area contributed by atoms with E-state index in [9.17, 15) is 18.4 Å². The van der Waals surface area contributed by atoms with E-state index in [0.29, 0.717) is 35.3 Å². The SMILES string of the molecule is Cc1ccc(C(=O)NC(C)C)cc1-c1nc(NCCN(C)C)nc2c1ccc(=O)n2-c1c(F)cccc1F. The number of likely N-dealkylation sites (N-methyl/N-ethyl adjacent to an activating group) is 1. The number of anilines is 1. The molecule has 0 aliphatic heterocycles. The second kappa shape index (κ2) is 11.1. The molecule has 2 heterocycles. The van der Waals surface area contributed by atoms with E-state index < -0.39 is 22.9 Å². The summed E-state index contributed by atoms with van der Waals surface area (Å²) in [7, 11) is 3.84. The van der Waals surface area contributed by atoms with Crippen LogP contribution >= 0.6 is 0 Å². The standard InChI is InChI=1S/C28H30F2N6O2/c1-16(2)32-27(38)18-10-9-17(3)20(15-18)24-19-11-12-23(37)36(25-21(29)7-6-8-22(25)30)26(19)34-28(33-24)31-13-14-35(4)5/h6-12,15-16H,13-14H2,1-5H3,(H,32,38)(H,31,33,34). The summed E-state index contributed by atoms with van der Waals surface area (Å²) in [5.41, 5.74) is 1.17. The number of amides is 1. The average Bonchev–Trinajstić information content (AvgIpc) is 2.84. The van der Waals surface area contributed by atoms with Crippen LogP contribution in [0, 0.1) is 18.6 Å². The van der Waals surface area contributed by atoms with Crippen LogP contribution in [0.1, 0.15) is 29.8 Å². The molecule has 0 radical (unpaired) electrons. The average molecular weight is 521 g/mol. The number of fused-ring (bicyclic) bond motifs is 1. The molecule has 0 aliphatic rings. The first-order valence-corrected chi connectivity index (χ1v) is 12.3. The highest BCUT2D eigenvalue weighted by Gasteiger charge is 2.21. The largest absolute Gasteiger partial charge is 0.353 e. The van der Waals surface area contributed by atoms with Crippen molar-refractivity contribution in [2.24, 2.45) is 0 Å². The maximum atomic E-state index is 14.9. The van der Waals surface area contributed by atoms with E-state index >= 15 is 0 Å². The number of hydrogen-bond donors (Lipinski definition) is 2. The lowest BCUT2D eigenvalue weighted by Gasteiger charge is -2.17. The molecule has 2 aromatic carbocycles. The lowest BCUT2D eigenvalue weighted by molar-refractivity contribution is 0.0943. The highest BCUT2D eigenvalue weighted by Crippen LogP contribution is 2.31. The van der Waals surface area contributed by atoms with Gasteiger partial charge in [0.05, 0.1) is 5.69 Å². The molecule has 4 rings (SSSR count). The van der Waals surface area contributed by atoms with Gasteiger partial charge in [0.2, 0.25) is 5.95 Å². The van der Waals surface area contributed by atoms with Gasteiger partial charge in [-0.3, -0.25) is 14.2 Å². The zero-order valence-electron chi connectivity index (χ0n) is 22.0. The first kappa shape index (κ1) is 26.9. The number of nitrogens with one attached hydrogen (secondary N) is 2. The molecule has 0 atom stereocenters. The van der Waals surface area contributed by atoms with Gasteiger partial charge in [0.25, 0.3) is 11.5 Å². The Morgan fingerprint density at radius 3 is 2.42 bits per heavy atom. The molecule has 4 aromatic rings. The second-order valence-electron chi connectivity index (χ2n) is 9.60. The number of aryl methyl sites for hydroxylation is 1. The molecule has 0 unspecified atom stereocenters. The van der Waals surface area contributed by atoms with Crippen molar-refractivity contribution in [3.63, 3.8) is 0 Å². The summed E-state index contributed by atoms with van der Waals surface area (Å²) >= 11 is 0. The molecule has 1 amide bonds. The van der Waals surface area contributed by atoms with Crippen molar-refractivity contribution in [3.05, 3.63) is 81.6 Å². The number of hydrogen-bond acceptors (Lipinski definition) is 6. The van der Waals surface area contributed by atoms with Crippen molar-refractivity contribution in [1.82, 2.24) is 24.8 Å². The van der Waals surface area contributed by atoms with E-state index in [1.54, 1.807) is 12.1 Å². The summed E-state index contributed by atoms with van der Waals surface area (Å²) in [6, 6.07) is 11.4. The summed E-state index contributed by atoms with van der Waals surface area (Å²) < 4.78 is 30.6. The van der Waals surface area contributed by atoms with Crippen LogP contribution in [-0.2, 0) is 0 Å². The fraction of sp³-hybridized carbons (Fsp3) is 0.286. The van der Waals surface area contributed by atoms with Gasteiger partial charge in [0.15, 0.2) is 5.65 Å². The number of carbonyl (C=O) groups is 1. The van der Waals surface area contributed by atoms with Gasteiger partial charge in [-0.25, -0.2) is 13.8 Å². The van der Waals surface area contributed by atoms with Crippen LogP contribution in [0.15, 0.2) is 53.3 Å². The van der Waals surface area contributed by atoms with Crippen LogP contribution in [0.2, 0.25) is 0 Å². The van der Waals surface area contributed by atoms with Gasteiger partial charge in [-0.2, -0.15) is 4.98 Å². The van der Waals surface area contributed by atoms with Crippen molar-refractivity contribution >= 4 is 22.9 Å².